The number of aromatic carboxylic acids is 1. The van der Waals surface area contributed by atoms with E-state index >= 15 is 0 Å². The van der Waals surface area contributed by atoms with Gasteiger partial charge in [-0.3, -0.25) is 4.79 Å². The monoisotopic (exact) mass is 396 g/mol. The van der Waals surface area contributed by atoms with Crippen molar-refractivity contribution in [2.45, 2.75) is 39.8 Å². The molecule has 2 rings (SSSR count). The van der Waals surface area contributed by atoms with Gasteiger partial charge in [0.1, 0.15) is 15.6 Å². The van der Waals surface area contributed by atoms with E-state index in [9.17, 15) is 9.59 Å². The summed E-state index contributed by atoms with van der Waals surface area (Å²) in [4.78, 5) is 28.3. The van der Waals surface area contributed by atoms with Crippen molar-refractivity contribution < 1.29 is 19.4 Å². The molecule has 2 aromatic rings. The molecule has 26 heavy (non-hydrogen) atoms. The Morgan fingerprint density at radius 2 is 2.00 bits per heavy atom. The van der Waals surface area contributed by atoms with Gasteiger partial charge in [-0.25, -0.2) is 9.78 Å². The SMILES string of the molecule is Cc1nc(C(C)NC(=O)C(Oc2cccc(Cl)c2)C(C)C)sc1C(=O)O. The first kappa shape index (κ1) is 20.2. The van der Waals surface area contributed by atoms with Gasteiger partial charge in [-0.1, -0.05) is 31.5 Å². The van der Waals surface area contributed by atoms with E-state index < -0.39 is 18.1 Å². The lowest BCUT2D eigenvalue weighted by Crippen LogP contribution is -2.42. The van der Waals surface area contributed by atoms with Crippen molar-refractivity contribution in [3.8, 4) is 5.75 Å². The number of nitrogens with one attached hydrogen (secondary N) is 1. The van der Waals surface area contributed by atoms with Gasteiger partial charge >= 0.3 is 5.97 Å². The van der Waals surface area contributed by atoms with Crippen LogP contribution in [0, 0.1) is 12.8 Å². The summed E-state index contributed by atoms with van der Waals surface area (Å²) in [5, 5.41) is 13.1. The maximum absolute atomic E-state index is 12.7. The van der Waals surface area contributed by atoms with E-state index in [-0.39, 0.29) is 16.7 Å². The molecule has 1 amide bonds. The molecular formula is C18H21ClN2O4S. The van der Waals surface area contributed by atoms with Crippen LogP contribution in [0.3, 0.4) is 0 Å². The van der Waals surface area contributed by atoms with Crippen LogP contribution in [0.5, 0.6) is 5.75 Å². The molecule has 2 N–H and O–H groups in total. The predicted octanol–water partition coefficient (Wildman–Crippen LogP) is 4.08. The average Bonchev–Trinajstić information content (AvgIpc) is 2.94. The first-order chi connectivity index (χ1) is 12.2. The minimum atomic E-state index is -1.02. The molecule has 0 saturated heterocycles. The molecule has 2 atom stereocenters. The smallest absolute Gasteiger partial charge is 0.347 e. The van der Waals surface area contributed by atoms with E-state index in [1.54, 1.807) is 38.1 Å². The number of carboxylic acid groups (broad SMARTS) is 1. The van der Waals surface area contributed by atoms with Gasteiger partial charge in [0.15, 0.2) is 6.10 Å². The Labute approximate surface area is 161 Å². The number of halogens is 1. The Morgan fingerprint density at radius 3 is 2.54 bits per heavy atom. The quantitative estimate of drug-likeness (QED) is 0.736. The lowest BCUT2D eigenvalue weighted by atomic mass is 10.1. The zero-order valence-corrected chi connectivity index (χ0v) is 16.5. The lowest BCUT2D eigenvalue weighted by Gasteiger charge is -2.23. The van der Waals surface area contributed by atoms with Crippen LogP contribution in [0.1, 0.15) is 47.2 Å². The van der Waals surface area contributed by atoms with Crippen LogP contribution in [-0.4, -0.2) is 28.1 Å². The van der Waals surface area contributed by atoms with E-state index in [1.807, 2.05) is 13.8 Å². The van der Waals surface area contributed by atoms with Crippen LogP contribution in [0.25, 0.3) is 0 Å². The largest absolute Gasteiger partial charge is 0.480 e. The van der Waals surface area contributed by atoms with E-state index in [0.717, 1.165) is 11.3 Å². The van der Waals surface area contributed by atoms with E-state index in [0.29, 0.717) is 21.5 Å². The van der Waals surface area contributed by atoms with Gasteiger partial charge in [-0.15, -0.1) is 11.3 Å². The highest BCUT2D eigenvalue weighted by Gasteiger charge is 2.27. The number of nitrogens with zero attached hydrogens (tertiary/aromatic N) is 1. The molecule has 0 spiro atoms. The molecule has 140 valence electrons. The third kappa shape index (κ3) is 4.95. The molecule has 1 aromatic carbocycles. The molecule has 2 unspecified atom stereocenters. The number of hydrogen-bond acceptors (Lipinski definition) is 5. The number of aromatic nitrogens is 1. The van der Waals surface area contributed by atoms with Crippen molar-refractivity contribution >= 4 is 34.8 Å². The number of aryl methyl sites for hydroxylation is 1. The van der Waals surface area contributed by atoms with Crippen molar-refractivity contribution in [1.29, 1.82) is 0 Å². The summed E-state index contributed by atoms with van der Waals surface area (Å²) >= 11 is 7.02. The van der Waals surface area contributed by atoms with Gasteiger partial charge in [0.25, 0.3) is 5.91 Å². The van der Waals surface area contributed by atoms with Crippen LogP contribution in [0.15, 0.2) is 24.3 Å². The van der Waals surface area contributed by atoms with Crippen LogP contribution in [0.2, 0.25) is 5.02 Å². The number of hydrogen-bond donors (Lipinski definition) is 2. The summed E-state index contributed by atoms with van der Waals surface area (Å²) in [6, 6.07) is 6.44. The number of ether oxygens (including phenoxy) is 1. The molecule has 0 aliphatic carbocycles. The summed E-state index contributed by atoms with van der Waals surface area (Å²) < 4.78 is 5.81. The summed E-state index contributed by atoms with van der Waals surface area (Å²) in [5.41, 5.74) is 0.439. The highest BCUT2D eigenvalue weighted by molar-refractivity contribution is 7.13. The topological polar surface area (TPSA) is 88.5 Å². The molecule has 0 aliphatic heterocycles. The van der Waals surface area contributed by atoms with Crippen molar-refractivity contribution in [1.82, 2.24) is 10.3 Å². The van der Waals surface area contributed by atoms with Gasteiger partial charge < -0.3 is 15.2 Å². The maximum atomic E-state index is 12.7. The molecular weight excluding hydrogens is 376 g/mol. The zero-order valence-electron chi connectivity index (χ0n) is 14.9. The second-order valence-corrected chi connectivity index (χ2v) is 7.71. The summed E-state index contributed by atoms with van der Waals surface area (Å²) in [6.45, 7) is 7.17. The number of carbonyl (C=O) groups excluding carboxylic acids is 1. The van der Waals surface area contributed by atoms with E-state index in [2.05, 4.69) is 10.3 Å². The number of thiazole rings is 1. The first-order valence-electron chi connectivity index (χ1n) is 8.12. The fourth-order valence-corrected chi connectivity index (χ4v) is 3.43. The predicted molar refractivity (Wildman–Crippen MR) is 101 cm³/mol. The summed E-state index contributed by atoms with van der Waals surface area (Å²) in [7, 11) is 0. The van der Waals surface area contributed by atoms with Crippen LogP contribution in [0.4, 0.5) is 0 Å². The number of rotatable bonds is 7. The molecule has 1 aromatic heterocycles. The fourth-order valence-electron chi connectivity index (χ4n) is 2.34. The van der Waals surface area contributed by atoms with Crippen molar-refractivity contribution in [3.05, 3.63) is 44.9 Å². The van der Waals surface area contributed by atoms with Crippen molar-refractivity contribution in [3.63, 3.8) is 0 Å². The van der Waals surface area contributed by atoms with Crippen molar-refractivity contribution in [2.24, 2.45) is 5.92 Å². The second-order valence-electron chi connectivity index (χ2n) is 6.24. The molecule has 0 radical (unpaired) electrons. The van der Waals surface area contributed by atoms with Gasteiger partial charge in [0.05, 0.1) is 11.7 Å². The van der Waals surface area contributed by atoms with Gasteiger partial charge in [-0.05, 0) is 38.0 Å². The molecule has 1 heterocycles. The first-order valence-corrected chi connectivity index (χ1v) is 9.31. The molecule has 0 bridgehead atoms. The van der Waals surface area contributed by atoms with E-state index in [4.69, 9.17) is 21.4 Å². The highest BCUT2D eigenvalue weighted by atomic mass is 35.5. The van der Waals surface area contributed by atoms with Crippen LogP contribution in [-0.2, 0) is 4.79 Å². The third-order valence-electron chi connectivity index (χ3n) is 3.66. The Kier molecular flexibility index (Phi) is 6.61. The van der Waals surface area contributed by atoms with Crippen LogP contribution >= 0.6 is 22.9 Å². The summed E-state index contributed by atoms with van der Waals surface area (Å²) in [6.07, 6.45) is -0.712. The summed E-state index contributed by atoms with van der Waals surface area (Å²) in [5.74, 6) is -0.877. The standard InChI is InChI=1S/C18H21ClN2O4S/c1-9(2)14(25-13-7-5-6-12(19)8-13)16(22)20-11(4)17-21-10(3)15(26-17)18(23)24/h5-9,11,14H,1-4H3,(H,20,22)(H,23,24). The number of benzene rings is 1. The number of amides is 1. The Bertz CT molecular complexity index is 806. The third-order valence-corrected chi connectivity index (χ3v) is 5.22. The molecule has 0 aliphatic rings. The molecule has 6 nitrogen and oxygen atoms in total. The van der Waals surface area contributed by atoms with Crippen molar-refractivity contribution in [2.75, 3.05) is 0 Å². The lowest BCUT2D eigenvalue weighted by molar-refractivity contribution is -0.130. The molecule has 0 fully saturated rings. The number of carboxylic acids is 1. The second kappa shape index (κ2) is 8.51. The van der Waals surface area contributed by atoms with Gasteiger partial charge in [0, 0.05) is 5.02 Å². The normalized spacial score (nSPS) is 13.3. The Morgan fingerprint density at radius 1 is 1.31 bits per heavy atom. The molecule has 0 saturated carbocycles. The minimum Gasteiger partial charge on any atom is -0.480 e. The minimum absolute atomic E-state index is 0.0752. The zero-order chi connectivity index (χ0) is 19.4. The number of carbonyl (C=O) groups is 2. The average molecular weight is 397 g/mol. The van der Waals surface area contributed by atoms with Gasteiger partial charge in [-0.2, -0.15) is 0 Å². The fraction of sp³-hybridized carbons (Fsp3) is 0.389. The van der Waals surface area contributed by atoms with Crippen LogP contribution < -0.4 is 10.1 Å². The molecule has 8 heteroatoms. The van der Waals surface area contributed by atoms with E-state index in [1.165, 1.54) is 0 Å². The van der Waals surface area contributed by atoms with Gasteiger partial charge in [0.2, 0.25) is 0 Å². The Balaban J connectivity index is 2.11. The Hall–Kier alpha value is -2.12. The highest BCUT2D eigenvalue weighted by Crippen LogP contribution is 2.25. The maximum Gasteiger partial charge on any atom is 0.347 e.